The van der Waals surface area contributed by atoms with Crippen molar-refractivity contribution in [3.05, 3.63) is 11.9 Å². The topological polar surface area (TPSA) is 71.3 Å². The number of likely N-dealkylation sites (tertiary alicyclic amines) is 2. The Bertz CT molecular complexity index is 547. The SMILES string of the molecule is CC(C)C(=O)N1CC(n2cc(CN3CCCC3=O)nn2)C1. The van der Waals surface area contributed by atoms with Gasteiger partial charge in [0.2, 0.25) is 11.8 Å². The van der Waals surface area contributed by atoms with E-state index in [1.807, 2.05) is 34.5 Å². The molecule has 7 heteroatoms. The van der Waals surface area contributed by atoms with Gasteiger partial charge in [-0.1, -0.05) is 19.1 Å². The smallest absolute Gasteiger partial charge is 0.225 e. The summed E-state index contributed by atoms with van der Waals surface area (Å²) in [7, 11) is 0. The number of carbonyl (C=O) groups excluding carboxylic acids is 2. The molecule has 2 saturated heterocycles. The first-order valence-electron chi connectivity index (χ1n) is 7.52. The highest BCUT2D eigenvalue weighted by atomic mass is 16.2. The summed E-state index contributed by atoms with van der Waals surface area (Å²) in [6, 6.07) is 0.211. The summed E-state index contributed by atoms with van der Waals surface area (Å²) in [5.74, 6) is 0.426. The molecule has 0 atom stereocenters. The summed E-state index contributed by atoms with van der Waals surface area (Å²) in [4.78, 5) is 27.1. The lowest BCUT2D eigenvalue weighted by Gasteiger charge is -2.39. The van der Waals surface area contributed by atoms with Crippen LogP contribution in [-0.2, 0) is 16.1 Å². The second-order valence-corrected chi connectivity index (χ2v) is 6.16. The van der Waals surface area contributed by atoms with Crippen molar-refractivity contribution in [2.45, 2.75) is 39.3 Å². The number of nitrogens with zero attached hydrogens (tertiary/aromatic N) is 5. The third-order valence-corrected chi connectivity index (χ3v) is 4.12. The third kappa shape index (κ3) is 2.77. The second kappa shape index (κ2) is 5.46. The average molecular weight is 291 g/mol. The molecule has 0 N–H and O–H groups in total. The minimum absolute atomic E-state index is 0.0402. The van der Waals surface area contributed by atoms with Crippen molar-refractivity contribution in [1.29, 1.82) is 0 Å². The molecule has 1 aromatic rings. The highest BCUT2D eigenvalue weighted by Crippen LogP contribution is 2.22. The van der Waals surface area contributed by atoms with E-state index in [9.17, 15) is 9.59 Å². The van der Waals surface area contributed by atoms with Gasteiger partial charge in [0, 0.05) is 32.0 Å². The molecule has 0 radical (unpaired) electrons. The van der Waals surface area contributed by atoms with E-state index in [1.54, 1.807) is 0 Å². The van der Waals surface area contributed by atoms with Gasteiger partial charge in [0.25, 0.3) is 0 Å². The van der Waals surface area contributed by atoms with Crippen LogP contribution in [0.4, 0.5) is 0 Å². The lowest BCUT2D eigenvalue weighted by molar-refractivity contribution is -0.140. The van der Waals surface area contributed by atoms with Crippen molar-refractivity contribution >= 4 is 11.8 Å². The fourth-order valence-corrected chi connectivity index (χ4v) is 2.80. The van der Waals surface area contributed by atoms with Crippen LogP contribution in [0.5, 0.6) is 0 Å². The molecule has 3 heterocycles. The molecule has 0 aliphatic carbocycles. The van der Waals surface area contributed by atoms with Gasteiger partial charge in [-0.15, -0.1) is 5.10 Å². The van der Waals surface area contributed by atoms with Crippen molar-refractivity contribution in [1.82, 2.24) is 24.8 Å². The number of hydrogen-bond donors (Lipinski definition) is 0. The van der Waals surface area contributed by atoms with Crippen molar-refractivity contribution in [2.24, 2.45) is 5.92 Å². The van der Waals surface area contributed by atoms with Gasteiger partial charge in [-0.05, 0) is 6.42 Å². The summed E-state index contributed by atoms with van der Waals surface area (Å²) in [5.41, 5.74) is 0.818. The number of hydrogen-bond acceptors (Lipinski definition) is 4. The average Bonchev–Trinajstić information content (AvgIpc) is 2.99. The standard InChI is InChI=1S/C14H21N5O2/c1-10(2)14(21)18-8-12(9-18)19-7-11(15-16-19)6-17-5-3-4-13(17)20/h7,10,12H,3-6,8-9H2,1-2H3. The molecule has 2 aliphatic heterocycles. The Kier molecular flexibility index (Phi) is 3.65. The molecule has 0 aromatic carbocycles. The fourth-order valence-electron chi connectivity index (χ4n) is 2.80. The van der Waals surface area contributed by atoms with Gasteiger partial charge in [0.15, 0.2) is 0 Å². The predicted octanol–water partition coefficient (Wildman–Crippen LogP) is 0.440. The Morgan fingerprint density at radius 3 is 2.81 bits per heavy atom. The molecular weight excluding hydrogens is 270 g/mol. The maximum Gasteiger partial charge on any atom is 0.225 e. The Morgan fingerprint density at radius 1 is 1.43 bits per heavy atom. The summed E-state index contributed by atoms with van der Waals surface area (Å²) in [6.45, 7) is 6.57. The van der Waals surface area contributed by atoms with Crippen LogP contribution in [0.1, 0.15) is 38.4 Å². The monoisotopic (exact) mass is 291 g/mol. The van der Waals surface area contributed by atoms with Crippen LogP contribution in [0.25, 0.3) is 0 Å². The molecule has 0 unspecified atom stereocenters. The maximum absolute atomic E-state index is 11.8. The van der Waals surface area contributed by atoms with Gasteiger partial charge in [0.1, 0.15) is 5.69 Å². The van der Waals surface area contributed by atoms with Gasteiger partial charge in [-0.25, -0.2) is 4.68 Å². The minimum Gasteiger partial charge on any atom is -0.338 e. The van der Waals surface area contributed by atoms with Crippen LogP contribution in [0.15, 0.2) is 6.20 Å². The van der Waals surface area contributed by atoms with Crippen molar-refractivity contribution in [3.63, 3.8) is 0 Å². The van der Waals surface area contributed by atoms with E-state index in [0.717, 1.165) is 18.7 Å². The summed E-state index contributed by atoms with van der Waals surface area (Å²) in [5, 5.41) is 8.27. The Labute approximate surface area is 123 Å². The highest BCUT2D eigenvalue weighted by Gasteiger charge is 2.33. The first-order valence-corrected chi connectivity index (χ1v) is 7.52. The van der Waals surface area contributed by atoms with Crippen LogP contribution < -0.4 is 0 Å². The number of amides is 2. The van der Waals surface area contributed by atoms with Gasteiger partial charge in [-0.2, -0.15) is 0 Å². The van der Waals surface area contributed by atoms with Crippen molar-refractivity contribution in [3.8, 4) is 0 Å². The van der Waals surface area contributed by atoms with Crippen LogP contribution >= 0.6 is 0 Å². The molecule has 1 aromatic heterocycles. The number of rotatable bonds is 4. The van der Waals surface area contributed by atoms with Gasteiger partial charge in [0.05, 0.1) is 18.8 Å². The molecule has 7 nitrogen and oxygen atoms in total. The number of carbonyl (C=O) groups is 2. The minimum atomic E-state index is 0.0402. The molecule has 21 heavy (non-hydrogen) atoms. The third-order valence-electron chi connectivity index (χ3n) is 4.12. The molecule has 3 rings (SSSR count). The quantitative estimate of drug-likeness (QED) is 0.807. The molecule has 2 amide bonds. The van der Waals surface area contributed by atoms with Crippen molar-refractivity contribution in [2.75, 3.05) is 19.6 Å². The zero-order valence-electron chi connectivity index (χ0n) is 12.5. The van der Waals surface area contributed by atoms with Crippen LogP contribution in [0.2, 0.25) is 0 Å². The summed E-state index contributed by atoms with van der Waals surface area (Å²) < 4.78 is 1.82. The molecule has 0 spiro atoms. The first kappa shape index (κ1) is 14.0. The van der Waals surface area contributed by atoms with E-state index in [1.165, 1.54) is 0 Å². The van der Waals surface area contributed by atoms with Crippen LogP contribution in [0, 0.1) is 5.92 Å². The van der Waals surface area contributed by atoms with Crippen LogP contribution in [-0.4, -0.2) is 56.2 Å². The molecule has 2 fully saturated rings. The molecule has 0 saturated carbocycles. The predicted molar refractivity (Wildman–Crippen MR) is 75.1 cm³/mol. The van der Waals surface area contributed by atoms with Crippen molar-refractivity contribution < 1.29 is 9.59 Å². The Balaban J connectivity index is 1.55. The van der Waals surface area contributed by atoms with E-state index in [-0.39, 0.29) is 23.8 Å². The Hall–Kier alpha value is -1.92. The lowest BCUT2D eigenvalue weighted by Crippen LogP contribution is -2.52. The molecule has 0 bridgehead atoms. The molecule has 114 valence electrons. The largest absolute Gasteiger partial charge is 0.338 e. The summed E-state index contributed by atoms with van der Waals surface area (Å²) >= 11 is 0. The normalized spacial score (nSPS) is 19.5. The lowest BCUT2D eigenvalue weighted by atomic mass is 10.1. The number of aromatic nitrogens is 3. The van der Waals surface area contributed by atoms with Crippen LogP contribution in [0.3, 0.4) is 0 Å². The van der Waals surface area contributed by atoms with E-state index in [4.69, 9.17) is 0 Å². The second-order valence-electron chi connectivity index (χ2n) is 6.16. The Morgan fingerprint density at radius 2 is 2.19 bits per heavy atom. The molecule has 2 aliphatic rings. The van der Waals surface area contributed by atoms with E-state index < -0.39 is 0 Å². The zero-order valence-corrected chi connectivity index (χ0v) is 12.5. The maximum atomic E-state index is 11.8. The van der Waals surface area contributed by atoms with E-state index >= 15 is 0 Å². The zero-order chi connectivity index (χ0) is 15.0. The summed E-state index contributed by atoms with van der Waals surface area (Å²) in [6.07, 6.45) is 3.47. The van der Waals surface area contributed by atoms with E-state index in [0.29, 0.717) is 26.1 Å². The van der Waals surface area contributed by atoms with Gasteiger partial charge < -0.3 is 9.80 Å². The van der Waals surface area contributed by atoms with Gasteiger partial charge in [-0.3, -0.25) is 9.59 Å². The first-order chi connectivity index (χ1) is 10.0. The van der Waals surface area contributed by atoms with E-state index in [2.05, 4.69) is 10.3 Å². The van der Waals surface area contributed by atoms with Gasteiger partial charge >= 0.3 is 0 Å². The molecular formula is C14H21N5O2. The highest BCUT2D eigenvalue weighted by molar-refractivity contribution is 5.79. The fraction of sp³-hybridized carbons (Fsp3) is 0.714.